The third-order valence-corrected chi connectivity index (χ3v) is 4.55. The number of hydrogen-bond acceptors (Lipinski definition) is 5. The van der Waals surface area contributed by atoms with E-state index >= 15 is 0 Å². The number of aryl methyl sites for hydroxylation is 1. The molecule has 0 aliphatic carbocycles. The molecule has 0 aromatic heterocycles. The molecular formula is C21H22N2O5. The minimum absolute atomic E-state index is 0.0383. The molecule has 7 heteroatoms. The summed E-state index contributed by atoms with van der Waals surface area (Å²) in [5.74, 6) is -0.353. The predicted octanol–water partition coefficient (Wildman–Crippen LogP) is 2.61. The molecule has 2 N–H and O–H groups in total. The normalized spacial score (nSPS) is 13.7. The predicted molar refractivity (Wildman–Crippen MR) is 103 cm³/mol. The standard InChI is InChI=1S/C21H22N2O5/c1-13(16-5-3-4-6-18(16)27-2)22-20(25)12-28-21(26)15-7-9-17-14(11-15)8-10-19(24)23-17/h3-7,9,11,13H,8,10,12H2,1-2H3,(H,22,25)(H,23,24). The topological polar surface area (TPSA) is 93.7 Å². The number of carbonyl (C=O) groups excluding carboxylic acids is 3. The van der Waals surface area contributed by atoms with Crippen LogP contribution in [0.2, 0.25) is 0 Å². The van der Waals surface area contributed by atoms with Gasteiger partial charge in [0, 0.05) is 17.7 Å². The number of carbonyl (C=O) groups is 3. The molecule has 3 rings (SSSR count). The summed E-state index contributed by atoms with van der Waals surface area (Å²) in [5.41, 5.74) is 2.77. The van der Waals surface area contributed by atoms with Gasteiger partial charge in [-0.05, 0) is 43.2 Å². The highest BCUT2D eigenvalue weighted by atomic mass is 16.5. The molecule has 2 aromatic rings. The van der Waals surface area contributed by atoms with Crippen molar-refractivity contribution in [1.29, 1.82) is 0 Å². The number of amides is 2. The Kier molecular flexibility index (Phi) is 5.93. The van der Waals surface area contributed by atoms with E-state index in [1.807, 2.05) is 31.2 Å². The molecule has 0 bridgehead atoms. The zero-order valence-electron chi connectivity index (χ0n) is 15.8. The quantitative estimate of drug-likeness (QED) is 0.749. The van der Waals surface area contributed by atoms with Crippen LogP contribution in [0, 0.1) is 0 Å². The van der Waals surface area contributed by atoms with Gasteiger partial charge in [0.2, 0.25) is 5.91 Å². The molecule has 1 unspecified atom stereocenters. The maximum Gasteiger partial charge on any atom is 0.338 e. The molecule has 0 saturated carbocycles. The van der Waals surface area contributed by atoms with Crippen molar-refractivity contribution in [2.75, 3.05) is 19.0 Å². The van der Waals surface area contributed by atoms with E-state index in [0.717, 1.165) is 11.1 Å². The fourth-order valence-electron chi connectivity index (χ4n) is 3.11. The zero-order chi connectivity index (χ0) is 20.1. The van der Waals surface area contributed by atoms with Crippen molar-refractivity contribution >= 4 is 23.5 Å². The second-order valence-corrected chi connectivity index (χ2v) is 6.53. The van der Waals surface area contributed by atoms with Gasteiger partial charge in [0.05, 0.1) is 18.7 Å². The van der Waals surface area contributed by atoms with Gasteiger partial charge in [-0.15, -0.1) is 0 Å². The summed E-state index contributed by atoms with van der Waals surface area (Å²) in [6, 6.07) is 12.0. The fourth-order valence-corrected chi connectivity index (χ4v) is 3.11. The molecule has 0 fully saturated rings. The van der Waals surface area contributed by atoms with Crippen LogP contribution in [0.15, 0.2) is 42.5 Å². The smallest absolute Gasteiger partial charge is 0.338 e. The molecule has 0 radical (unpaired) electrons. The summed E-state index contributed by atoms with van der Waals surface area (Å²) in [4.78, 5) is 35.8. The Morgan fingerprint density at radius 1 is 1.18 bits per heavy atom. The summed E-state index contributed by atoms with van der Waals surface area (Å²) in [7, 11) is 1.57. The average Bonchev–Trinajstić information content (AvgIpc) is 2.71. The third-order valence-electron chi connectivity index (χ3n) is 4.55. The Morgan fingerprint density at radius 3 is 2.75 bits per heavy atom. The van der Waals surface area contributed by atoms with Crippen LogP contribution in [0.3, 0.4) is 0 Å². The van der Waals surface area contributed by atoms with Crippen molar-refractivity contribution in [2.45, 2.75) is 25.8 Å². The molecule has 2 aromatic carbocycles. The van der Waals surface area contributed by atoms with E-state index in [1.165, 1.54) is 0 Å². The summed E-state index contributed by atoms with van der Waals surface area (Å²) in [6.07, 6.45) is 0.952. The van der Waals surface area contributed by atoms with Crippen LogP contribution in [-0.2, 0) is 20.7 Å². The van der Waals surface area contributed by atoms with Crippen LogP contribution < -0.4 is 15.4 Å². The van der Waals surface area contributed by atoms with Crippen LogP contribution in [0.1, 0.15) is 40.9 Å². The molecule has 0 spiro atoms. The van der Waals surface area contributed by atoms with Crippen LogP contribution in [0.4, 0.5) is 5.69 Å². The lowest BCUT2D eigenvalue weighted by atomic mass is 10.0. The zero-order valence-corrected chi connectivity index (χ0v) is 15.8. The van der Waals surface area contributed by atoms with Gasteiger partial charge in [-0.2, -0.15) is 0 Å². The number of para-hydroxylation sites is 1. The highest BCUT2D eigenvalue weighted by molar-refractivity contribution is 5.96. The summed E-state index contributed by atoms with van der Waals surface area (Å²) in [5, 5.41) is 5.55. The van der Waals surface area contributed by atoms with Crippen LogP contribution in [0.5, 0.6) is 5.75 Å². The third kappa shape index (κ3) is 4.49. The number of rotatable bonds is 6. The van der Waals surface area contributed by atoms with E-state index in [1.54, 1.807) is 25.3 Å². The lowest BCUT2D eigenvalue weighted by Gasteiger charge is -2.18. The Hall–Kier alpha value is -3.35. The number of benzene rings is 2. The Bertz CT molecular complexity index is 909. The largest absolute Gasteiger partial charge is 0.496 e. The van der Waals surface area contributed by atoms with Crippen LogP contribution in [0.25, 0.3) is 0 Å². The van der Waals surface area contributed by atoms with Gasteiger partial charge >= 0.3 is 5.97 Å². The van der Waals surface area contributed by atoms with Crippen molar-refractivity contribution in [1.82, 2.24) is 5.32 Å². The highest BCUT2D eigenvalue weighted by Crippen LogP contribution is 2.25. The van der Waals surface area contributed by atoms with Crippen molar-refractivity contribution in [3.05, 3.63) is 59.2 Å². The van der Waals surface area contributed by atoms with Gasteiger partial charge in [-0.25, -0.2) is 4.79 Å². The summed E-state index contributed by atoms with van der Waals surface area (Å²) >= 11 is 0. The molecule has 1 aliphatic rings. The van der Waals surface area contributed by atoms with Gasteiger partial charge in [0.1, 0.15) is 5.75 Å². The van der Waals surface area contributed by atoms with Gasteiger partial charge in [-0.1, -0.05) is 18.2 Å². The van der Waals surface area contributed by atoms with Crippen molar-refractivity contribution in [2.24, 2.45) is 0 Å². The maximum atomic E-state index is 12.2. The summed E-state index contributed by atoms with van der Waals surface area (Å²) in [6.45, 7) is 1.45. The molecule has 0 saturated heterocycles. The van der Waals surface area contributed by atoms with Crippen LogP contribution >= 0.6 is 0 Å². The molecule has 1 heterocycles. The number of esters is 1. The van der Waals surface area contributed by atoms with E-state index in [-0.39, 0.29) is 18.6 Å². The van der Waals surface area contributed by atoms with Gasteiger partial charge in [-0.3, -0.25) is 9.59 Å². The lowest BCUT2D eigenvalue weighted by molar-refractivity contribution is -0.124. The van der Waals surface area contributed by atoms with Crippen molar-refractivity contribution in [3.63, 3.8) is 0 Å². The molecule has 1 aliphatic heterocycles. The molecule has 1 atom stereocenters. The van der Waals surface area contributed by atoms with Gasteiger partial charge in [0.15, 0.2) is 6.61 Å². The first-order chi connectivity index (χ1) is 13.5. The van der Waals surface area contributed by atoms with Gasteiger partial charge < -0.3 is 20.1 Å². The first-order valence-corrected chi connectivity index (χ1v) is 9.00. The Labute approximate surface area is 163 Å². The first-order valence-electron chi connectivity index (χ1n) is 9.00. The second-order valence-electron chi connectivity index (χ2n) is 6.53. The van der Waals surface area contributed by atoms with Crippen LogP contribution in [-0.4, -0.2) is 31.5 Å². The molecule has 28 heavy (non-hydrogen) atoms. The Morgan fingerprint density at radius 2 is 1.96 bits per heavy atom. The minimum atomic E-state index is -0.584. The first kappa shape index (κ1) is 19.4. The minimum Gasteiger partial charge on any atom is -0.496 e. The summed E-state index contributed by atoms with van der Waals surface area (Å²) < 4.78 is 10.4. The van der Waals surface area contributed by atoms with E-state index in [0.29, 0.717) is 29.8 Å². The van der Waals surface area contributed by atoms with Gasteiger partial charge in [0.25, 0.3) is 5.91 Å². The number of fused-ring (bicyclic) bond motifs is 1. The van der Waals surface area contributed by atoms with Crippen molar-refractivity contribution in [3.8, 4) is 5.75 Å². The monoisotopic (exact) mass is 382 g/mol. The number of anilines is 1. The maximum absolute atomic E-state index is 12.2. The Balaban J connectivity index is 1.56. The average molecular weight is 382 g/mol. The van der Waals surface area contributed by atoms with E-state index in [9.17, 15) is 14.4 Å². The lowest BCUT2D eigenvalue weighted by Crippen LogP contribution is -2.31. The SMILES string of the molecule is COc1ccccc1C(C)NC(=O)COC(=O)c1ccc2c(c1)CCC(=O)N2. The highest BCUT2D eigenvalue weighted by Gasteiger charge is 2.19. The fraction of sp³-hybridized carbons (Fsp3) is 0.286. The number of ether oxygens (including phenoxy) is 2. The number of methoxy groups -OCH3 is 1. The number of nitrogens with one attached hydrogen (secondary N) is 2. The molecule has 146 valence electrons. The van der Waals surface area contributed by atoms with E-state index < -0.39 is 11.9 Å². The second kappa shape index (κ2) is 8.56. The molecular weight excluding hydrogens is 360 g/mol. The molecule has 7 nitrogen and oxygen atoms in total. The number of hydrogen-bond donors (Lipinski definition) is 2. The van der Waals surface area contributed by atoms with E-state index in [2.05, 4.69) is 10.6 Å². The van der Waals surface area contributed by atoms with Crippen molar-refractivity contribution < 1.29 is 23.9 Å². The molecule has 2 amide bonds. The van der Waals surface area contributed by atoms with E-state index in [4.69, 9.17) is 9.47 Å².